The van der Waals surface area contributed by atoms with Gasteiger partial charge in [-0.15, -0.1) is 0 Å². The van der Waals surface area contributed by atoms with Gasteiger partial charge in [-0.05, 0) is 73.5 Å². The first-order valence-corrected chi connectivity index (χ1v) is 11.8. The molecule has 37 heavy (non-hydrogen) atoms. The Morgan fingerprint density at radius 1 is 0.703 bits per heavy atom. The molecule has 0 aliphatic carbocycles. The van der Waals surface area contributed by atoms with Crippen LogP contribution < -0.4 is 16.0 Å². The number of carbonyl (C=O) groups excluding carboxylic acids is 3. The summed E-state index contributed by atoms with van der Waals surface area (Å²) in [4.78, 5) is 38.0. The Balaban J connectivity index is 1.44. The molecule has 1 unspecified atom stereocenters. The molecule has 3 amide bonds. The van der Waals surface area contributed by atoms with Gasteiger partial charge in [-0.2, -0.15) is 0 Å². The van der Waals surface area contributed by atoms with Crippen molar-refractivity contribution in [2.75, 3.05) is 10.6 Å². The second-order valence-corrected chi connectivity index (χ2v) is 8.60. The molecule has 0 fully saturated rings. The molecule has 3 N–H and O–H groups in total. The van der Waals surface area contributed by atoms with Crippen LogP contribution in [0.1, 0.15) is 55.2 Å². The highest BCUT2D eigenvalue weighted by Gasteiger charge is 2.16. The van der Waals surface area contributed by atoms with Gasteiger partial charge in [0.15, 0.2) is 0 Å². The van der Waals surface area contributed by atoms with Crippen molar-refractivity contribution in [2.45, 2.75) is 19.9 Å². The maximum absolute atomic E-state index is 14.0. The SMILES string of the molecule is Cc1ccc(C(=O)NC(C)c2cccc(NC(=O)c3ccccc3)c2)cc1NC(=O)c1ccccc1F. The van der Waals surface area contributed by atoms with Crippen molar-refractivity contribution in [1.82, 2.24) is 5.32 Å². The van der Waals surface area contributed by atoms with Crippen molar-refractivity contribution in [3.63, 3.8) is 0 Å². The number of hydrogen-bond acceptors (Lipinski definition) is 3. The quantitative estimate of drug-likeness (QED) is 0.288. The monoisotopic (exact) mass is 495 g/mol. The molecule has 4 aromatic carbocycles. The Kier molecular flexibility index (Phi) is 7.74. The fourth-order valence-corrected chi connectivity index (χ4v) is 3.77. The van der Waals surface area contributed by atoms with Crippen LogP contribution in [0, 0.1) is 12.7 Å². The van der Waals surface area contributed by atoms with Gasteiger partial charge in [0.05, 0.1) is 11.6 Å². The summed E-state index contributed by atoms with van der Waals surface area (Å²) >= 11 is 0. The van der Waals surface area contributed by atoms with Gasteiger partial charge in [0.2, 0.25) is 0 Å². The van der Waals surface area contributed by atoms with E-state index in [1.165, 1.54) is 18.2 Å². The maximum atomic E-state index is 14.0. The molecule has 4 rings (SSSR count). The number of hydrogen-bond donors (Lipinski definition) is 3. The number of anilines is 2. The van der Waals surface area contributed by atoms with E-state index in [-0.39, 0.29) is 23.4 Å². The third kappa shape index (κ3) is 6.27. The maximum Gasteiger partial charge on any atom is 0.258 e. The van der Waals surface area contributed by atoms with Crippen LogP contribution in [0.5, 0.6) is 0 Å². The number of rotatable bonds is 7. The fourth-order valence-electron chi connectivity index (χ4n) is 3.77. The van der Waals surface area contributed by atoms with E-state index >= 15 is 0 Å². The average molecular weight is 496 g/mol. The van der Waals surface area contributed by atoms with Gasteiger partial charge < -0.3 is 16.0 Å². The number of aryl methyl sites for hydroxylation is 1. The molecule has 0 bridgehead atoms. The summed E-state index contributed by atoms with van der Waals surface area (Å²) in [5, 5.41) is 8.50. The van der Waals surface area contributed by atoms with Crippen LogP contribution in [0.15, 0.2) is 97.1 Å². The summed E-state index contributed by atoms with van der Waals surface area (Å²) in [5.74, 6) is -1.78. The number of halogens is 1. The summed E-state index contributed by atoms with van der Waals surface area (Å²) in [5.41, 5.74) is 3.38. The summed E-state index contributed by atoms with van der Waals surface area (Å²) < 4.78 is 14.0. The Labute approximate surface area is 214 Å². The molecule has 6 nitrogen and oxygen atoms in total. The number of nitrogens with one attached hydrogen (secondary N) is 3. The molecule has 186 valence electrons. The molecule has 1 atom stereocenters. The lowest BCUT2D eigenvalue weighted by molar-refractivity contribution is 0.0937. The predicted molar refractivity (Wildman–Crippen MR) is 142 cm³/mol. The van der Waals surface area contributed by atoms with Gasteiger partial charge in [0, 0.05) is 22.5 Å². The molecule has 0 aromatic heterocycles. The van der Waals surface area contributed by atoms with Crippen molar-refractivity contribution in [2.24, 2.45) is 0 Å². The smallest absolute Gasteiger partial charge is 0.258 e. The van der Waals surface area contributed by atoms with Crippen molar-refractivity contribution in [3.8, 4) is 0 Å². The zero-order valence-corrected chi connectivity index (χ0v) is 20.4. The molecular weight excluding hydrogens is 469 g/mol. The summed E-state index contributed by atoms with van der Waals surface area (Å²) in [6.45, 7) is 3.63. The van der Waals surface area contributed by atoms with Gasteiger partial charge in [0.1, 0.15) is 5.82 Å². The second kappa shape index (κ2) is 11.3. The topological polar surface area (TPSA) is 87.3 Å². The van der Waals surface area contributed by atoms with Crippen LogP contribution in [0.2, 0.25) is 0 Å². The van der Waals surface area contributed by atoms with Crippen molar-refractivity contribution >= 4 is 29.1 Å². The van der Waals surface area contributed by atoms with Gasteiger partial charge in [-0.3, -0.25) is 14.4 Å². The zero-order chi connectivity index (χ0) is 26.4. The van der Waals surface area contributed by atoms with Crippen LogP contribution in [-0.4, -0.2) is 17.7 Å². The number of carbonyl (C=O) groups is 3. The third-order valence-corrected chi connectivity index (χ3v) is 5.89. The van der Waals surface area contributed by atoms with Gasteiger partial charge in [-0.25, -0.2) is 4.39 Å². The normalized spacial score (nSPS) is 11.3. The first-order chi connectivity index (χ1) is 17.8. The van der Waals surface area contributed by atoms with Crippen LogP contribution in [0.3, 0.4) is 0 Å². The first-order valence-electron chi connectivity index (χ1n) is 11.8. The lowest BCUT2D eigenvalue weighted by atomic mass is 10.1. The van der Waals surface area contributed by atoms with E-state index in [0.717, 1.165) is 11.1 Å². The Morgan fingerprint density at radius 2 is 1.43 bits per heavy atom. The van der Waals surface area contributed by atoms with Crippen LogP contribution in [0.4, 0.5) is 15.8 Å². The first kappa shape index (κ1) is 25.3. The van der Waals surface area contributed by atoms with Crippen LogP contribution in [0.25, 0.3) is 0 Å². The van der Waals surface area contributed by atoms with Crippen molar-refractivity contribution < 1.29 is 18.8 Å². The molecule has 7 heteroatoms. The molecule has 0 heterocycles. The molecule has 0 aliphatic heterocycles. The molecule has 0 spiro atoms. The van der Waals surface area contributed by atoms with E-state index < -0.39 is 11.7 Å². The van der Waals surface area contributed by atoms with Crippen LogP contribution >= 0.6 is 0 Å². The van der Waals surface area contributed by atoms with E-state index in [0.29, 0.717) is 22.5 Å². The fraction of sp³-hybridized carbons (Fsp3) is 0.100. The van der Waals surface area contributed by atoms with E-state index in [9.17, 15) is 18.8 Å². The standard InChI is InChI=1S/C30H26FN3O3/c1-19-15-16-23(18-27(19)34-30(37)25-13-6-7-14-26(25)31)29(36)32-20(2)22-11-8-12-24(17-22)33-28(35)21-9-4-3-5-10-21/h3-18,20H,1-2H3,(H,32,36)(H,33,35)(H,34,37). The largest absolute Gasteiger partial charge is 0.346 e. The summed E-state index contributed by atoms with van der Waals surface area (Å²) in [6, 6.07) is 26.4. The molecule has 0 saturated carbocycles. The third-order valence-electron chi connectivity index (χ3n) is 5.89. The van der Waals surface area contributed by atoms with Crippen LogP contribution in [-0.2, 0) is 0 Å². The van der Waals surface area contributed by atoms with Gasteiger partial charge in [-0.1, -0.05) is 48.5 Å². The minimum absolute atomic E-state index is 0.0791. The van der Waals surface area contributed by atoms with Crippen molar-refractivity contribution in [1.29, 1.82) is 0 Å². The van der Waals surface area contributed by atoms with E-state index in [2.05, 4.69) is 16.0 Å². The highest BCUT2D eigenvalue weighted by molar-refractivity contribution is 6.06. The number of benzene rings is 4. The van der Waals surface area contributed by atoms with E-state index in [1.54, 1.807) is 73.7 Å². The molecule has 4 aromatic rings. The zero-order valence-electron chi connectivity index (χ0n) is 20.4. The van der Waals surface area contributed by atoms with E-state index in [4.69, 9.17) is 0 Å². The van der Waals surface area contributed by atoms with E-state index in [1.807, 2.05) is 19.1 Å². The Morgan fingerprint density at radius 3 is 2.19 bits per heavy atom. The minimum atomic E-state index is -0.623. The minimum Gasteiger partial charge on any atom is -0.346 e. The van der Waals surface area contributed by atoms with Gasteiger partial charge in [0.25, 0.3) is 17.7 Å². The lowest BCUT2D eigenvalue weighted by Crippen LogP contribution is -2.27. The predicted octanol–water partition coefficient (Wildman–Crippen LogP) is 6.13. The molecule has 0 saturated heterocycles. The lowest BCUT2D eigenvalue weighted by Gasteiger charge is -2.17. The second-order valence-electron chi connectivity index (χ2n) is 8.60. The Hall–Kier alpha value is -4.78. The van der Waals surface area contributed by atoms with Crippen molar-refractivity contribution in [3.05, 3.63) is 131 Å². The average Bonchev–Trinajstić information content (AvgIpc) is 2.90. The molecular formula is C30H26FN3O3. The molecule has 0 radical (unpaired) electrons. The highest BCUT2D eigenvalue weighted by atomic mass is 19.1. The number of amides is 3. The summed E-state index contributed by atoms with van der Waals surface area (Å²) in [7, 11) is 0. The highest BCUT2D eigenvalue weighted by Crippen LogP contribution is 2.22. The van der Waals surface area contributed by atoms with Gasteiger partial charge >= 0.3 is 0 Å². The Bertz CT molecular complexity index is 1450. The molecule has 0 aliphatic rings. The summed E-state index contributed by atoms with van der Waals surface area (Å²) in [6.07, 6.45) is 0.